The summed E-state index contributed by atoms with van der Waals surface area (Å²) in [5.74, 6) is -0.804. The molecule has 0 spiro atoms. The van der Waals surface area contributed by atoms with Crippen LogP contribution in [0.25, 0.3) is 0 Å². The van der Waals surface area contributed by atoms with Crippen molar-refractivity contribution in [2.24, 2.45) is 11.7 Å². The van der Waals surface area contributed by atoms with Gasteiger partial charge in [-0.25, -0.2) is 8.78 Å². The molecule has 0 aliphatic heterocycles. The quantitative estimate of drug-likeness (QED) is 0.858. The second-order valence-corrected chi connectivity index (χ2v) is 4.34. The van der Waals surface area contributed by atoms with E-state index < -0.39 is 11.6 Å². The first-order chi connectivity index (χ1) is 8.63. The lowest BCUT2D eigenvalue weighted by Gasteiger charge is -2.08. The second kappa shape index (κ2) is 10.0. The van der Waals surface area contributed by atoms with Crippen LogP contribution in [0, 0.1) is 17.6 Å². The van der Waals surface area contributed by atoms with E-state index in [2.05, 4.69) is 0 Å². The first kappa shape index (κ1) is 17.0. The highest BCUT2D eigenvalue weighted by molar-refractivity contribution is 5.18. The standard InChI is InChI=1S/C10H13F2N.C3H6.C2H6/c1-7(6-13)4-8-2-3-9(11)5-10(8)12;1-2-3-1;1-2/h2-3,5,7H,4,6,13H2,1H3;1-3H2;1-2H3. The molecule has 1 aromatic rings. The molecule has 1 unspecified atom stereocenters. The fourth-order valence-electron chi connectivity index (χ4n) is 1.15. The van der Waals surface area contributed by atoms with Crippen molar-refractivity contribution >= 4 is 0 Å². The summed E-state index contributed by atoms with van der Waals surface area (Å²) < 4.78 is 25.6. The smallest absolute Gasteiger partial charge is 0.129 e. The summed E-state index contributed by atoms with van der Waals surface area (Å²) in [6.07, 6.45) is 5.06. The van der Waals surface area contributed by atoms with Gasteiger partial charge in [-0.05, 0) is 30.5 Å². The monoisotopic (exact) mass is 257 g/mol. The normalized spacial score (nSPS) is 13.7. The van der Waals surface area contributed by atoms with Crippen LogP contribution in [0.4, 0.5) is 8.78 Å². The minimum Gasteiger partial charge on any atom is -0.330 e. The van der Waals surface area contributed by atoms with Gasteiger partial charge in [0.15, 0.2) is 0 Å². The molecule has 0 heterocycles. The van der Waals surface area contributed by atoms with Gasteiger partial charge in [-0.15, -0.1) is 0 Å². The van der Waals surface area contributed by atoms with Crippen LogP contribution in [0.15, 0.2) is 18.2 Å². The predicted octanol–water partition coefficient (Wildman–Crippen LogP) is 4.30. The molecular weight excluding hydrogens is 232 g/mol. The third-order valence-electron chi connectivity index (χ3n) is 2.34. The number of benzene rings is 1. The summed E-state index contributed by atoms with van der Waals surface area (Å²) >= 11 is 0. The third-order valence-corrected chi connectivity index (χ3v) is 2.34. The van der Waals surface area contributed by atoms with Crippen LogP contribution in [-0.4, -0.2) is 6.54 Å². The molecule has 1 aromatic carbocycles. The zero-order valence-electron chi connectivity index (χ0n) is 11.7. The van der Waals surface area contributed by atoms with Gasteiger partial charge in [0, 0.05) is 6.07 Å². The zero-order chi connectivity index (χ0) is 14.0. The lowest BCUT2D eigenvalue weighted by atomic mass is 10.0. The molecule has 2 rings (SSSR count). The van der Waals surface area contributed by atoms with Crippen molar-refractivity contribution in [2.45, 2.75) is 46.5 Å². The molecule has 0 bridgehead atoms. The Morgan fingerprint density at radius 3 is 2.11 bits per heavy atom. The largest absolute Gasteiger partial charge is 0.330 e. The van der Waals surface area contributed by atoms with Gasteiger partial charge in [0.25, 0.3) is 0 Å². The SMILES string of the molecule is C1CC1.CC.CC(CN)Cc1ccc(F)cc1F. The number of hydrogen-bond donors (Lipinski definition) is 1. The van der Waals surface area contributed by atoms with Gasteiger partial charge in [0.2, 0.25) is 0 Å². The van der Waals surface area contributed by atoms with Crippen LogP contribution in [-0.2, 0) is 6.42 Å². The van der Waals surface area contributed by atoms with Crippen molar-refractivity contribution in [1.82, 2.24) is 0 Å². The summed E-state index contributed by atoms with van der Waals surface area (Å²) in [6.45, 7) is 6.44. The maximum Gasteiger partial charge on any atom is 0.129 e. The summed E-state index contributed by atoms with van der Waals surface area (Å²) in [5, 5.41) is 0. The predicted molar refractivity (Wildman–Crippen MR) is 73.5 cm³/mol. The van der Waals surface area contributed by atoms with E-state index in [1.54, 1.807) is 0 Å². The van der Waals surface area contributed by atoms with Crippen LogP contribution in [0.2, 0.25) is 0 Å². The summed E-state index contributed by atoms with van der Waals surface area (Å²) in [6, 6.07) is 3.64. The molecule has 1 saturated carbocycles. The Bertz CT molecular complexity index is 322. The van der Waals surface area contributed by atoms with Crippen LogP contribution in [0.1, 0.15) is 45.6 Å². The number of rotatable bonds is 3. The first-order valence-electron chi connectivity index (χ1n) is 6.77. The third kappa shape index (κ3) is 8.18. The molecule has 0 aromatic heterocycles. The van der Waals surface area contributed by atoms with Gasteiger partial charge in [-0.1, -0.05) is 46.1 Å². The molecule has 1 aliphatic carbocycles. The maximum atomic E-state index is 13.1. The molecule has 1 nitrogen and oxygen atoms in total. The second-order valence-electron chi connectivity index (χ2n) is 4.34. The molecule has 0 amide bonds. The highest BCUT2D eigenvalue weighted by atomic mass is 19.1. The molecule has 1 aliphatic rings. The van der Waals surface area contributed by atoms with E-state index in [-0.39, 0.29) is 5.92 Å². The van der Waals surface area contributed by atoms with Gasteiger partial charge >= 0.3 is 0 Å². The number of hydrogen-bond acceptors (Lipinski definition) is 1. The fraction of sp³-hybridized carbons (Fsp3) is 0.600. The topological polar surface area (TPSA) is 26.0 Å². The Kier molecular flexibility index (Phi) is 9.47. The molecular formula is C15H25F2N. The summed E-state index contributed by atoms with van der Waals surface area (Å²) in [7, 11) is 0. The van der Waals surface area contributed by atoms with Gasteiger partial charge in [-0.3, -0.25) is 0 Å². The minimum atomic E-state index is -0.540. The van der Waals surface area contributed by atoms with Gasteiger partial charge in [-0.2, -0.15) is 0 Å². The molecule has 18 heavy (non-hydrogen) atoms. The fourth-order valence-corrected chi connectivity index (χ4v) is 1.15. The Hall–Kier alpha value is -0.960. The summed E-state index contributed by atoms with van der Waals surface area (Å²) in [4.78, 5) is 0. The Morgan fingerprint density at radius 2 is 1.72 bits per heavy atom. The van der Waals surface area contributed by atoms with E-state index in [1.165, 1.54) is 31.4 Å². The average Bonchev–Trinajstić information content (AvgIpc) is 3.23. The number of halogens is 2. The van der Waals surface area contributed by atoms with Crippen LogP contribution in [0.5, 0.6) is 0 Å². The summed E-state index contributed by atoms with van der Waals surface area (Å²) in [5.41, 5.74) is 5.93. The highest BCUT2D eigenvalue weighted by Gasteiger charge is 2.07. The lowest BCUT2D eigenvalue weighted by molar-refractivity contribution is 0.538. The zero-order valence-corrected chi connectivity index (χ0v) is 11.7. The molecule has 3 heteroatoms. The van der Waals surface area contributed by atoms with Crippen molar-refractivity contribution < 1.29 is 8.78 Å². The van der Waals surface area contributed by atoms with Crippen LogP contribution < -0.4 is 5.73 Å². The Labute approximate surface area is 109 Å². The lowest BCUT2D eigenvalue weighted by Crippen LogP contribution is -2.13. The average molecular weight is 257 g/mol. The molecule has 1 fully saturated rings. The Balaban J connectivity index is 0.000000487. The van der Waals surface area contributed by atoms with Crippen molar-refractivity contribution in [3.63, 3.8) is 0 Å². The molecule has 0 radical (unpaired) electrons. The van der Waals surface area contributed by atoms with E-state index in [1.807, 2.05) is 20.8 Å². The van der Waals surface area contributed by atoms with Gasteiger partial charge < -0.3 is 5.73 Å². The Morgan fingerprint density at radius 1 is 1.17 bits per heavy atom. The number of nitrogens with two attached hydrogens (primary N) is 1. The minimum absolute atomic E-state index is 0.222. The van der Waals surface area contributed by atoms with Gasteiger partial charge in [0.05, 0.1) is 0 Å². The van der Waals surface area contributed by atoms with E-state index in [9.17, 15) is 8.78 Å². The van der Waals surface area contributed by atoms with Crippen molar-refractivity contribution in [2.75, 3.05) is 6.54 Å². The van der Waals surface area contributed by atoms with E-state index >= 15 is 0 Å². The van der Waals surface area contributed by atoms with E-state index in [4.69, 9.17) is 5.73 Å². The maximum absolute atomic E-state index is 13.1. The van der Waals surface area contributed by atoms with Crippen LogP contribution in [0.3, 0.4) is 0 Å². The van der Waals surface area contributed by atoms with Gasteiger partial charge in [0.1, 0.15) is 11.6 Å². The van der Waals surface area contributed by atoms with E-state index in [0.717, 1.165) is 6.07 Å². The molecule has 2 N–H and O–H groups in total. The first-order valence-corrected chi connectivity index (χ1v) is 6.77. The molecule has 104 valence electrons. The molecule has 1 atom stereocenters. The van der Waals surface area contributed by atoms with Crippen molar-refractivity contribution in [3.05, 3.63) is 35.4 Å². The van der Waals surface area contributed by atoms with Crippen molar-refractivity contribution in [3.8, 4) is 0 Å². The molecule has 0 saturated heterocycles. The van der Waals surface area contributed by atoms with Crippen molar-refractivity contribution in [1.29, 1.82) is 0 Å². The van der Waals surface area contributed by atoms with Crippen LogP contribution >= 0.6 is 0 Å². The highest BCUT2D eigenvalue weighted by Crippen LogP contribution is 2.15. The van der Waals surface area contributed by atoms with E-state index in [0.29, 0.717) is 18.5 Å².